The summed E-state index contributed by atoms with van der Waals surface area (Å²) in [7, 11) is 0. The Morgan fingerprint density at radius 3 is 2.67 bits per heavy atom. The molecular weight excluding hydrogens is 216 g/mol. The van der Waals surface area contributed by atoms with Crippen LogP contribution in [-0.2, 0) is 0 Å². The Kier molecular flexibility index (Phi) is 2.21. The molecule has 0 amide bonds. The maximum atomic E-state index is 4.42. The van der Waals surface area contributed by atoms with E-state index in [-0.39, 0.29) is 0 Å². The fraction of sp³-hybridized carbons (Fsp3) is 0.333. The lowest BCUT2D eigenvalue weighted by molar-refractivity contribution is 0.842. The molecule has 62 valence electrons. The predicted octanol–water partition coefficient (Wildman–Crippen LogP) is 1.09. The van der Waals surface area contributed by atoms with Crippen molar-refractivity contribution in [2.24, 2.45) is 9.98 Å². The van der Waals surface area contributed by atoms with Crippen LogP contribution in [0.25, 0.3) is 0 Å². The van der Waals surface area contributed by atoms with Gasteiger partial charge in [0, 0.05) is 17.6 Å². The van der Waals surface area contributed by atoms with E-state index in [0.717, 1.165) is 34.7 Å². The summed E-state index contributed by atoms with van der Waals surface area (Å²) in [5.74, 6) is 0. The molecule has 0 unspecified atom stereocenters. The number of nitrogens with zero attached hydrogens (tertiary/aromatic N) is 2. The van der Waals surface area contributed by atoms with Gasteiger partial charge in [-0.15, -0.1) is 0 Å². The van der Waals surface area contributed by atoms with Crippen LogP contribution >= 0.6 is 15.9 Å². The molecule has 1 aliphatic heterocycles. The maximum absolute atomic E-state index is 4.42. The molecule has 0 saturated heterocycles. The van der Waals surface area contributed by atoms with Crippen molar-refractivity contribution >= 4 is 15.9 Å². The van der Waals surface area contributed by atoms with Gasteiger partial charge in [0.15, 0.2) is 0 Å². The van der Waals surface area contributed by atoms with Crippen LogP contribution in [0.15, 0.2) is 32.7 Å². The first-order valence-electron chi connectivity index (χ1n) is 4.01. The number of fused-ring (bicyclic) bond motifs is 1. The summed E-state index contributed by atoms with van der Waals surface area (Å²) in [6.07, 6.45) is 1.06. The van der Waals surface area contributed by atoms with Crippen molar-refractivity contribution < 1.29 is 0 Å². The average molecular weight is 225 g/mol. The molecule has 1 aliphatic rings. The topological polar surface area (TPSA) is 24.7 Å². The molecule has 0 atom stereocenters. The number of rotatable bonds is 0. The minimum atomic E-state index is 0.896. The van der Waals surface area contributed by atoms with E-state index < -0.39 is 0 Å². The van der Waals surface area contributed by atoms with E-state index in [1.807, 2.05) is 18.2 Å². The summed E-state index contributed by atoms with van der Waals surface area (Å²) in [6, 6.07) is 6.03. The van der Waals surface area contributed by atoms with E-state index in [0.29, 0.717) is 0 Å². The van der Waals surface area contributed by atoms with Gasteiger partial charge in [0.1, 0.15) is 0 Å². The molecule has 2 nitrogen and oxygen atoms in total. The number of benzene rings is 1. The van der Waals surface area contributed by atoms with Crippen molar-refractivity contribution in [2.45, 2.75) is 6.42 Å². The number of halogens is 1. The summed E-state index contributed by atoms with van der Waals surface area (Å²) in [5.41, 5.74) is 0. The first-order valence-corrected chi connectivity index (χ1v) is 4.80. The Morgan fingerprint density at radius 2 is 1.83 bits per heavy atom. The molecule has 1 aromatic carbocycles. The molecule has 0 radical (unpaired) electrons. The zero-order valence-corrected chi connectivity index (χ0v) is 8.21. The first-order chi connectivity index (χ1) is 5.86. The molecule has 2 rings (SSSR count). The Morgan fingerprint density at radius 1 is 1.08 bits per heavy atom. The minimum absolute atomic E-state index is 0.896. The standard InChI is InChI=1S/C9H9BrN2/c10-7-2-3-8-9(6-7)12-5-1-4-11-8/h2-3,6H,1,4-5H2. The van der Waals surface area contributed by atoms with Crippen molar-refractivity contribution in [3.05, 3.63) is 33.4 Å². The van der Waals surface area contributed by atoms with Gasteiger partial charge in [-0.05, 0) is 24.6 Å². The second kappa shape index (κ2) is 3.35. The van der Waals surface area contributed by atoms with Crippen LogP contribution in [0, 0.1) is 0 Å². The van der Waals surface area contributed by atoms with Crippen LogP contribution in [-0.4, -0.2) is 13.1 Å². The van der Waals surface area contributed by atoms with Gasteiger partial charge in [-0.3, -0.25) is 9.98 Å². The van der Waals surface area contributed by atoms with E-state index in [4.69, 9.17) is 0 Å². The summed E-state index contributed by atoms with van der Waals surface area (Å²) >= 11 is 3.41. The molecule has 0 aliphatic carbocycles. The quantitative estimate of drug-likeness (QED) is 0.631. The van der Waals surface area contributed by atoms with Gasteiger partial charge >= 0.3 is 0 Å². The Bertz CT molecular complexity index is 397. The van der Waals surface area contributed by atoms with Gasteiger partial charge in [-0.25, -0.2) is 0 Å². The fourth-order valence-electron chi connectivity index (χ4n) is 1.23. The van der Waals surface area contributed by atoms with Gasteiger partial charge in [0.2, 0.25) is 0 Å². The molecule has 0 aromatic heterocycles. The highest BCUT2D eigenvalue weighted by atomic mass is 79.9. The Labute approximate surface area is 79.2 Å². The largest absolute Gasteiger partial charge is 0.283 e. The van der Waals surface area contributed by atoms with Crippen molar-refractivity contribution in [2.75, 3.05) is 13.1 Å². The van der Waals surface area contributed by atoms with Crippen LogP contribution in [0.5, 0.6) is 0 Å². The van der Waals surface area contributed by atoms with Crippen molar-refractivity contribution in [1.29, 1.82) is 0 Å². The normalized spacial score (nSPS) is 15.4. The highest BCUT2D eigenvalue weighted by Gasteiger charge is 1.94. The SMILES string of the molecule is Brc1ccc2c(c1)=NCCCN=2. The molecule has 1 aromatic rings. The van der Waals surface area contributed by atoms with Crippen molar-refractivity contribution in [3.8, 4) is 0 Å². The lowest BCUT2D eigenvalue weighted by atomic mass is 10.3. The van der Waals surface area contributed by atoms with E-state index in [1.54, 1.807) is 0 Å². The average Bonchev–Trinajstić information content (AvgIpc) is 2.28. The lowest BCUT2D eigenvalue weighted by Gasteiger charge is -1.88. The fourth-order valence-corrected chi connectivity index (χ4v) is 1.58. The summed E-state index contributed by atoms with van der Waals surface area (Å²) in [4.78, 5) is 8.84. The molecule has 12 heavy (non-hydrogen) atoms. The third-order valence-corrected chi connectivity index (χ3v) is 2.31. The second-order valence-corrected chi connectivity index (χ2v) is 3.67. The van der Waals surface area contributed by atoms with Crippen LogP contribution in [0.2, 0.25) is 0 Å². The molecule has 1 heterocycles. The number of hydrogen-bond acceptors (Lipinski definition) is 2. The van der Waals surface area contributed by atoms with Crippen LogP contribution in [0.4, 0.5) is 0 Å². The summed E-state index contributed by atoms with van der Waals surface area (Å²) < 4.78 is 1.07. The lowest BCUT2D eigenvalue weighted by Crippen LogP contribution is -2.24. The second-order valence-electron chi connectivity index (χ2n) is 2.75. The van der Waals surface area contributed by atoms with Gasteiger partial charge in [0.25, 0.3) is 0 Å². The first kappa shape index (κ1) is 7.92. The van der Waals surface area contributed by atoms with Gasteiger partial charge < -0.3 is 0 Å². The highest BCUT2D eigenvalue weighted by molar-refractivity contribution is 9.10. The highest BCUT2D eigenvalue weighted by Crippen LogP contribution is 2.02. The molecular formula is C9H9BrN2. The Balaban J connectivity index is 2.72. The van der Waals surface area contributed by atoms with Gasteiger partial charge in [-0.1, -0.05) is 15.9 Å². The van der Waals surface area contributed by atoms with Crippen molar-refractivity contribution in [1.82, 2.24) is 0 Å². The van der Waals surface area contributed by atoms with E-state index >= 15 is 0 Å². The zero-order valence-electron chi connectivity index (χ0n) is 6.63. The summed E-state index contributed by atoms with van der Waals surface area (Å²) in [6.45, 7) is 1.80. The maximum Gasteiger partial charge on any atom is 0.0837 e. The van der Waals surface area contributed by atoms with Crippen LogP contribution < -0.4 is 10.7 Å². The predicted molar refractivity (Wildman–Crippen MR) is 50.8 cm³/mol. The van der Waals surface area contributed by atoms with E-state index in [2.05, 4.69) is 25.9 Å². The molecule has 0 fully saturated rings. The smallest absolute Gasteiger partial charge is 0.0837 e. The Hall–Kier alpha value is -0.700. The van der Waals surface area contributed by atoms with Crippen molar-refractivity contribution in [3.63, 3.8) is 0 Å². The van der Waals surface area contributed by atoms with Gasteiger partial charge in [-0.2, -0.15) is 0 Å². The van der Waals surface area contributed by atoms with E-state index in [1.165, 1.54) is 0 Å². The minimum Gasteiger partial charge on any atom is -0.283 e. The number of hydrogen-bond donors (Lipinski definition) is 0. The summed E-state index contributed by atoms with van der Waals surface area (Å²) in [5, 5.41) is 2.04. The van der Waals surface area contributed by atoms with Crippen LogP contribution in [0.1, 0.15) is 6.42 Å². The molecule has 0 saturated carbocycles. The third kappa shape index (κ3) is 1.55. The monoisotopic (exact) mass is 224 g/mol. The van der Waals surface area contributed by atoms with Gasteiger partial charge in [0.05, 0.1) is 10.7 Å². The zero-order chi connectivity index (χ0) is 8.39. The molecule has 0 N–H and O–H groups in total. The molecule has 3 heteroatoms. The van der Waals surface area contributed by atoms with E-state index in [9.17, 15) is 0 Å². The van der Waals surface area contributed by atoms with Crippen LogP contribution in [0.3, 0.4) is 0 Å². The third-order valence-electron chi connectivity index (χ3n) is 1.82. The molecule has 0 bridgehead atoms. The molecule has 0 spiro atoms.